The molecule has 1 aromatic rings. The molecular weight excluding hydrogens is 216 g/mol. The fraction of sp³-hybridized carbons (Fsp3) is 0.300. The van der Waals surface area contributed by atoms with Crippen molar-refractivity contribution in [2.75, 3.05) is 17.6 Å². The Hall–Kier alpha value is -0.670. The Morgan fingerprint density at radius 3 is 2.71 bits per heavy atom. The maximum atomic E-state index is 5.79. The van der Waals surface area contributed by atoms with Crippen molar-refractivity contribution in [1.82, 2.24) is 0 Å². The van der Waals surface area contributed by atoms with Gasteiger partial charge in [0, 0.05) is 23.0 Å². The molecule has 4 heteroatoms. The van der Waals surface area contributed by atoms with Crippen LogP contribution in [0.1, 0.15) is 6.42 Å². The van der Waals surface area contributed by atoms with Gasteiger partial charge in [-0.25, -0.2) is 0 Å². The Labute approximate surface area is 92.8 Å². The highest BCUT2D eigenvalue weighted by atomic mass is 35.5. The molecule has 2 nitrogen and oxygen atoms in total. The molecule has 2 rings (SSSR count). The average molecular weight is 227 g/mol. The highest BCUT2D eigenvalue weighted by molar-refractivity contribution is 8.14. The highest BCUT2D eigenvalue weighted by Gasteiger charge is 2.05. The first-order valence-corrected chi connectivity index (χ1v) is 5.91. The second-order valence-electron chi connectivity index (χ2n) is 3.02. The van der Waals surface area contributed by atoms with Crippen LogP contribution in [0.25, 0.3) is 0 Å². The lowest BCUT2D eigenvalue weighted by Crippen LogP contribution is -2.13. The van der Waals surface area contributed by atoms with Gasteiger partial charge in [0.15, 0.2) is 5.17 Å². The van der Waals surface area contributed by atoms with E-state index in [0.717, 1.165) is 28.2 Å². The number of thioether (sulfide) groups is 1. The van der Waals surface area contributed by atoms with E-state index < -0.39 is 0 Å². The first-order valence-electron chi connectivity index (χ1n) is 4.54. The van der Waals surface area contributed by atoms with Crippen molar-refractivity contribution in [1.29, 1.82) is 0 Å². The molecule has 1 aliphatic heterocycles. The highest BCUT2D eigenvalue weighted by Crippen LogP contribution is 2.17. The maximum absolute atomic E-state index is 5.79. The third kappa shape index (κ3) is 2.66. The summed E-state index contributed by atoms with van der Waals surface area (Å²) in [5.74, 6) is 1.15. The molecule has 1 aliphatic rings. The van der Waals surface area contributed by atoms with Gasteiger partial charge in [-0.1, -0.05) is 23.4 Å². The van der Waals surface area contributed by atoms with E-state index in [1.807, 2.05) is 24.3 Å². The number of hydrogen-bond donors (Lipinski definition) is 1. The van der Waals surface area contributed by atoms with Crippen LogP contribution in [0.2, 0.25) is 5.02 Å². The molecule has 0 saturated carbocycles. The zero-order valence-electron chi connectivity index (χ0n) is 7.66. The van der Waals surface area contributed by atoms with Gasteiger partial charge in [-0.15, -0.1) is 0 Å². The monoisotopic (exact) mass is 226 g/mol. The Kier molecular flexibility index (Phi) is 3.32. The second kappa shape index (κ2) is 4.71. The maximum Gasteiger partial charge on any atom is 0.161 e. The van der Waals surface area contributed by atoms with Crippen molar-refractivity contribution in [3.63, 3.8) is 0 Å². The fourth-order valence-electron chi connectivity index (χ4n) is 1.19. The number of nitrogens with one attached hydrogen (secondary N) is 1. The van der Waals surface area contributed by atoms with Crippen molar-refractivity contribution in [2.24, 2.45) is 4.99 Å². The molecule has 0 aromatic heterocycles. The Morgan fingerprint density at radius 1 is 1.29 bits per heavy atom. The molecule has 1 heterocycles. The van der Waals surface area contributed by atoms with Crippen LogP contribution in [0.5, 0.6) is 0 Å². The van der Waals surface area contributed by atoms with E-state index in [9.17, 15) is 0 Å². The molecule has 0 unspecified atom stereocenters. The summed E-state index contributed by atoms with van der Waals surface area (Å²) < 4.78 is 0. The number of rotatable bonds is 1. The fourth-order valence-corrected chi connectivity index (χ4v) is 2.16. The van der Waals surface area contributed by atoms with Crippen LogP contribution in [0.3, 0.4) is 0 Å². The van der Waals surface area contributed by atoms with Gasteiger partial charge in [-0.05, 0) is 30.7 Å². The molecule has 0 spiro atoms. The van der Waals surface area contributed by atoms with E-state index in [-0.39, 0.29) is 0 Å². The molecule has 0 fully saturated rings. The summed E-state index contributed by atoms with van der Waals surface area (Å²) in [6.45, 7) is 0.933. The van der Waals surface area contributed by atoms with Crippen molar-refractivity contribution in [2.45, 2.75) is 6.42 Å². The lowest BCUT2D eigenvalue weighted by molar-refractivity contribution is 0.938. The molecule has 0 saturated heterocycles. The molecule has 0 aliphatic carbocycles. The Morgan fingerprint density at radius 2 is 2.07 bits per heavy atom. The van der Waals surface area contributed by atoms with E-state index in [1.54, 1.807) is 11.8 Å². The summed E-state index contributed by atoms with van der Waals surface area (Å²) in [5.41, 5.74) is 1.04. The number of anilines is 1. The normalized spacial score (nSPS) is 16.2. The molecule has 0 bridgehead atoms. The predicted molar refractivity (Wildman–Crippen MR) is 64.5 cm³/mol. The third-order valence-electron chi connectivity index (χ3n) is 1.89. The minimum Gasteiger partial charge on any atom is -0.335 e. The standard InChI is InChI=1S/C10H11ClN2S/c11-8-2-4-9(5-3-8)13-10-12-6-1-7-14-10/h2-5H,1,6-7H2,(H,12,13). The zero-order valence-corrected chi connectivity index (χ0v) is 9.24. The number of amidine groups is 1. The summed E-state index contributed by atoms with van der Waals surface area (Å²) in [6, 6.07) is 7.66. The van der Waals surface area contributed by atoms with E-state index >= 15 is 0 Å². The number of aliphatic imine (C=N–C) groups is 1. The van der Waals surface area contributed by atoms with Gasteiger partial charge >= 0.3 is 0 Å². The van der Waals surface area contributed by atoms with Gasteiger partial charge in [0.25, 0.3) is 0 Å². The minimum atomic E-state index is 0.758. The van der Waals surface area contributed by atoms with E-state index in [0.29, 0.717) is 0 Å². The number of benzene rings is 1. The van der Waals surface area contributed by atoms with Gasteiger partial charge in [-0.2, -0.15) is 0 Å². The second-order valence-corrected chi connectivity index (χ2v) is 4.54. The van der Waals surface area contributed by atoms with Gasteiger partial charge in [0.2, 0.25) is 0 Å². The van der Waals surface area contributed by atoms with Crippen molar-refractivity contribution in [3.05, 3.63) is 29.3 Å². The smallest absolute Gasteiger partial charge is 0.161 e. The Bertz CT molecular complexity index is 334. The van der Waals surface area contributed by atoms with Crippen molar-refractivity contribution >= 4 is 34.2 Å². The van der Waals surface area contributed by atoms with Crippen molar-refractivity contribution in [3.8, 4) is 0 Å². The number of halogens is 1. The van der Waals surface area contributed by atoms with Gasteiger partial charge in [0.05, 0.1) is 0 Å². The quantitative estimate of drug-likeness (QED) is 0.795. The lowest BCUT2D eigenvalue weighted by atomic mass is 10.3. The molecule has 1 aromatic carbocycles. The van der Waals surface area contributed by atoms with E-state index in [2.05, 4.69) is 10.3 Å². The van der Waals surface area contributed by atoms with Crippen LogP contribution in [0.15, 0.2) is 29.3 Å². The van der Waals surface area contributed by atoms with Crippen molar-refractivity contribution < 1.29 is 0 Å². The summed E-state index contributed by atoms with van der Waals surface area (Å²) in [6.07, 6.45) is 1.18. The molecule has 0 radical (unpaired) electrons. The molecular formula is C10H11ClN2S. The molecule has 74 valence electrons. The number of nitrogens with zero attached hydrogens (tertiary/aromatic N) is 1. The topological polar surface area (TPSA) is 24.4 Å². The number of hydrogen-bond acceptors (Lipinski definition) is 3. The van der Waals surface area contributed by atoms with Crippen LogP contribution in [-0.2, 0) is 0 Å². The average Bonchev–Trinajstić information content (AvgIpc) is 2.23. The SMILES string of the molecule is Clc1ccc(NC2=NCCCS2)cc1. The van der Waals surface area contributed by atoms with Crippen LogP contribution >= 0.6 is 23.4 Å². The minimum absolute atomic E-state index is 0.758. The van der Waals surface area contributed by atoms with Gasteiger partial charge in [0.1, 0.15) is 0 Å². The third-order valence-corrected chi connectivity index (χ3v) is 3.14. The molecule has 1 N–H and O–H groups in total. The Balaban J connectivity index is 2.03. The van der Waals surface area contributed by atoms with Crippen LogP contribution in [0, 0.1) is 0 Å². The molecule has 14 heavy (non-hydrogen) atoms. The first-order chi connectivity index (χ1) is 6.84. The van der Waals surface area contributed by atoms with Gasteiger partial charge in [-0.3, -0.25) is 4.99 Å². The lowest BCUT2D eigenvalue weighted by Gasteiger charge is -2.12. The van der Waals surface area contributed by atoms with Crippen LogP contribution in [-0.4, -0.2) is 17.5 Å². The predicted octanol–water partition coefficient (Wildman–Crippen LogP) is 3.24. The van der Waals surface area contributed by atoms with E-state index in [1.165, 1.54) is 6.42 Å². The summed E-state index contributed by atoms with van der Waals surface area (Å²) in [5, 5.41) is 5.03. The largest absolute Gasteiger partial charge is 0.335 e. The van der Waals surface area contributed by atoms with Gasteiger partial charge < -0.3 is 5.32 Å². The zero-order chi connectivity index (χ0) is 9.80. The van der Waals surface area contributed by atoms with E-state index in [4.69, 9.17) is 11.6 Å². The van der Waals surface area contributed by atoms with Crippen LogP contribution in [0.4, 0.5) is 5.69 Å². The van der Waals surface area contributed by atoms with Crippen LogP contribution < -0.4 is 5.32 Å². The summed E-state index contributed by atoms with van der Waals surface area (Å²) in [7, 11) is 0. The molecule has 0 atom stereocenters. The summed E-state index contributed by atoms with van der Waals surface area (Å²) >= 11 is 7.56. The first kappa shape index (κ1) is 9.87. The molecule has 0 amide bonds. The summed E-state index contributed by atoms with van der Waals surface area (Å²) in [4.78, 5) is 4.38.